The van der Waals surface area contributed by atoms with Gasteiger partial charge in [-0.3, -0.25) is 4.90 Å². The molecule has 102 valence electrons. The first-order valence-corrected chi connectivity index (χ1v) is 7.22. The highest BCUT2D eigenvalue weighted by molar-refractivity contribution is 4.71. The van der Waals surface area contributed by atoms with Gasteiger partial charge < -0.3 is 10.2 Å². The van der Waals surface area contributed by atoms with E-state index >= 15 is 0 Å². The summed E-state index contributed by atoms with van der Waals surface area (Å²) < 4.78 is 0. The zero-order valence-corrected chi connectivity index (χ0v) is 12.2. The second kappa shape index (κ2) is 8.06. The van der Waals surface area contributed by atoms with Crippen molar-refractivity contribution >= 4 is 0 Å². The van der Waals surface area contributed by atoms with E-state index < -0.39 is 0 Å². The summed E-state index contributed by atoms with van der Waals surface area (Å²) in [5.41, 5.74) is 0. The Bertz CT molecular complexity index is 186. The molecule has 0 aromatic heterocycles. The highest BCUT2D eigenvalue weighted by Gasteiger charge is 2.13. The van der Waals surface area contributed by atoms with Crippen molar-refractivity contribution in [1.82, 2.24) is 15.1 Å². The Hall–Kier alpha value is -0.120. The van der Waals surface area contributed by atoms with E-state index in [1.807, 2.05) is 0 Å². The van der Waals surface area contributed by atoms with Crippen molar-refractivity contribution in [2.45, 2.75) is 39.7 Å². The molecule has 1 atom stereocenters. The first-order valence-electron chi connectivity index (χ1n) is 7.22. The number of likely N-dealkylation sites (N-methyl/N-ethyl adjacent to an activating group) is 1. The topological polar surface area (TPSA) is 18.5 Å². The maximum Gasteiger partial charge on any atom is 0.0110 e. The van der Waals surface area contributed by atoms with E-state index in [9.17, 15) is 0 Å². The molecule has 1 rings (SSSR count). The van der Waals surface area contributed by atoms with E-state index in [4.69, 9.17) is 0 Å². The van der Waals surface area contributed by atoms with Gasteiger partial charge in [-0.05, 0) is 32.7 Å². The van der Waals surface area contributed by atoms with Crippen LogP contribution in [0.25, 0.3) is 0 Å². The molecular weight excluding hydrogens is 210 g/mol. The molecular formula is C14H31N3. The summed E-state index contributed by atoms with van der Waals surface area (Å²) in [6.07, 6.45) is 2.64. The van der Waals surface area contributed by atoms with Crippen molar-refractivity contribution in [3.8, 4) is 0 Å². The van der Waals surface area contributed by atoms with Gasteiger partial charge in [0.15, 0.2) is 0 Å². The molecule has 1 N–H and O–H groups in total. The summed E-state index contributed by atoms with van der Waals surface area (Å²) >= 11 is 0. The molecule has 0 aromatic rings. The molecule has 3 heteroatoms. The van der Waals surface area contributed by atoms with Gasteiger partial charge in [0.05, 0.1) is 0 Å². The molecule has 0 amide bonds. The summed E-state index contributed by atoms with van der Waals surface area (Å²) in [6, 6.07) is 0.671. The summed E-state index contributed by atoms with van der Waals surface area (Å²) in [4.78, 5) is 4.98. The van der Waals surface area contributed by atoms with Gasteiger partial charge in [0, 0.05) is 45.3 Å². The van der Waals surface area contributed by atoms with Gasteiger partial charge in [0.25, 0.3) is 0 Å². The van der Waals surface area contributed by atoms with Crippen molar-refractivity contribution in [2.75, 3.05) is 46.3 Å². The molecule has 0 spiro atoms. The summed E-state index contributed by atoms with van der Waals surface area (Å²) in [7, 11) is 2.21. The van der Waals surface area contributed by atoms with Crippen molar-refractivity contribution in [2.24, 2.45) is 5.92 Å². The van der Waals surface area contributed by atoms with Crippen molar-refractivity contribution in [3.05, 3.63) is 0 Å². The molecule has 1 aliphatic rings. The van der Waals surface area contributed by atoms with Crippen molar-refractivity contribution < 1.29 is 0 Å². The van der Waals surface area contributed by atoms with E-state index in [1.54, 1.807) is 0 Å². The first-order chi connectivity index (χ1) is 8.08. The Morgan fingerprint density at radius 1 is 1.00 bits per heavy atom. The smallest absolute Gasteiger partial charge is 0.0110 e. The fourth-order valence-electron chi connectivity index (χ4n) is 2.23. The van der Waals surface area contributed by atoms with E-state index in [0.29, 0.717) is 6.04 Å². The second-order valence-corrected chi connectivity index (χ2v) is 5.97. The molecule has 0 aliphatic carbocycles. The van der Waals surface area contributed by atoms with Gasteiger partial charge in [-0.1, -0.05) is 13.8 Å². The molecule has 0 saturated carbocycles. The van der Waals surface area contributed by atoms with Crippen LogP contribution < -0.4 is 5.32 Å². The lowest BCUT2D eigenvalue weighted by atomic mass is 10.0. The average Bonchev–Trinajstić information content (AvgIpc) is 2.29. The number of hydrogen-bond donors (Lipinski definition) is 1. The Morgan fingerprint density at radius 2 is 1.65 bits per heavy atom. The second-order valence-electron chi connectivity index (χ2n) is 5.97. The molecule has 1 heterocycles. The van der Waals surface area contributed by atoms with Crippen LogP contribution in [0.2, 0.25) is 0 Å². The third-order valence-electron chi connectivity index (χ3n) is 3.69. The monoisotopic (exact) mass is 241 g/mol. The molecule has 1 unspecified atom stereocenters. The minimum atomic E-state index is 0.671. The SMILES string of the molecule is CC(C)CCC(C)NCCN1CCN(C)CC1. The zero-order valence-electron chi connectivity index (χ0n) is 12.2. The third-order valence-corrected chi connectivity index (χ3v) is 3.69. The van der Waals surface area contributed by atoms with Crippen LogP contribution in [0, 0.1) is 5.92 Å². The number of hydrogen-bond acceptors (Lipinski definition) is 3. The number of nitrogens with one attached hydrogen (secondary N) is 1. The van der Waals surface area contributed by atoms with Crippen LogP contribution in [0.5, 0.6) is 0 Å². The number of nitrogens with zero attached hydrogens (tertiary/aromatic N) is 2. The lowest BCUT2D eigenvalue weighted by molar-refractivity contribution is 0.153. The molecule has 1 aliphatic heterocycles. The lowest BCUT2D eigenvalue weighted by Crippen LogP contribution is -2.47. The fourth-order valence-corrected chi connectivity index (χ4v) is 2.23. The van der Waals surface area contributed by atoms with E-state index in [-0.39, 0.29) is 0 Å². The molecule has 1 fully saturated rings. The minimum Gasteiger partial charge on any atom is -0.313 e. The molecule has 17 heavy (non-hydrogen) atoms. The van der Waals surface area contributed by atoms with E-state index in [0.717, 1.165) is 12.5 Å². The lowest BCUT2D eigenvalue weighted by Gasteiger charge is -2.32. The Morgan fingerprint density at radius 3 is 2.24 bits per heavy atom. The standard InChI is InChI=1S/C14H31N3/c1-13(2)5-6-14(3)15-7-8-17-11-9-16(4)10-12-17/h13-15H,5-12H2,1-4H3. The molecule has 0 radical (unpaired) electrons. The van der Waals surface area contributed by atoms with Gasteiger partial charge in [-0.25, -0.2) is 0 Å². The zero-order chi connectivity index (χ0) is 12.7. The van der Waals surface area contributed by atoms with Crippen LogP contribution in [-0.2, 0) is 0 Å². The normalized spacial score (nSPS) is 21.0. The number of piperazine rings is 1. The molecule has 0 bridgehead atoms. The highest BCUT2D eigenvalue weighted by Crippen LogP contribution is 2.06. The van der Waals surface area contributed by atoms with Gasteiger partial charge in [0.2, 0.25) is 0 Å². The number of rotatable bonds is 7. The van der Waals surface area contributed by atoms with E-state index in [1.165, 1.54) is 45.6 Å². The van der Waals surface area contributed by atoms with E-state index in [2.05, 4.69) is 42.9 Å². The fraction of sp³-hybridized carbons (Fsp3) is 1.00. The predicted octanol–water partition coefficient (Wildman–Crippen LogP) is 1.65. The van der Waals surface area contributed by atoms with Crippen LogP contribution in [0.4, 0.5) is 0 Å². The van der Waals surface area contributed by atoms with Crippen LogP contribution in [0.15, 0.2) is 0 Å². The van der Waals surface area contributed by atoms with Crippen LogP contribution in [0.3, 0.4) is 0 Å². The largest absolute Gasteiger partial charge is 0.313 e. The third kappa shape index (κ3) is 7.02. The minimum absolute atomic E-state index is 0.671. The summed E-state index contributed by atoms with van der Waals surface area (Å²) in [5, 5.41) is 3.64. The quantitative estimate of drug-likeness (QED) is 0.731. The van der Waals surface area contributed by atoms with Crippen molar-refractivity contribution in [3.63, 3.8) is 0 Å². The average molecular weight is 241 g/mol. The Labute approximate surface area is 108 Å². The maximum absolute atomic E-state index is 3.64. The Kier molecular flexibility index (Phi) is 7.09. The maximum atomic E-state index is 3.64. The molecule has 1 saturated heterocycles. The Balaban J connectivity index is 1.99. The summed E-state index contributed by atoms with van der Waals surface area (Å²) in [5.74, 6) is 0.830. The van der Waals surface area contributed by atoms with Crippen molar-refractivity contribution in [1.29, 1.82) is 0 Å². The highest BCUT2D eigenvalue weighted by atomic mass is 15.2. The predicted molar refractivity (Wildman–Crippen MR) is 75.5 cm³/mol. The van der Waals surface area contributed by atoms with Gasteiger partial charge in [-0.15, -0.1) is 0 Å². The van der Waals surface area contributed by atoms with Crippen LogP contribution >= 0.6 is 0 Å². The van der Waals surface area contributed by atoms with Crippen LogP contribution in [0.1, 0.15) is 33.6 Å². The van der Waals surface area contributed by atoms with Crippen LogP contribution in [-0.4, -0.2) is 62.2 Å². The first kappa shape index (κ1) is 14.9. The van der Waals surface area contributed by atoms with Gasteiger partial charge in [-0.2, -0.15) is 0 Å². The summed E-state index contributed by atoms with van der Waals surface area (Å²) in [6.45, 7) is 14.2. The molecule has 3 nitrogen and oxygen atoms in total. The molecule has 0 aromatic carbocycles. The van der Waals surface area contributed by atoms with Gasteiger partial charge >= 0.3 is 0 Å². The van der Waals surface area contributed by atoms with Gasteiger partial charge in [0.1, 0.15) is 0 Å².